The van der Waals surface area contributed by atoms with E-state index < -0.39 is 0 Å². The molecule has 1 N–H and O–H groups in total. The lowest BCUT2D eigenvalue weighted by molar-refractivity contribution is -0.111. The molecule has 1 amide bonds. The number of carbonyl (C=O) groups is 1. The Labute approximate surface area is 137 Å². The van der Waals surface area contributed by atoms with Gasteiger partial charge in [-0.25, -0.2) is 0 Å². The van der Waals surface area contributed by atoms with E-state index in [4.69, 9.17) is 0 Å². The maximum Gasteiger partial charge on any atom is 0.250 e. The molecular formula is C17H14N4OS. The summed E-state index contributed by atoms with van der Waals surface area (Å²) < 4.78 is 0. The van der Waals surface area contributed by atoms with Gasteiger partial charge >= 0.3 is 0 Å². The van der Waals surface area contributed by atoms with Crippen LogP contribution in [0.4, 0.5) is 5.13 Å². The van der Waals surface area contributed by atoms with Crippen LogP contribution in [0.5, 0.6) is 0 Å². The molecule has 0 saturated heterocycles. The molecule has 3 aromatic rings. The quantitative estimate of drug-likeness (QED) is 0.733. The van der Waals surface area contributed by atoms with Crippen molar-refractivity contribution in [3.8, 4) is 0 Å². The molecule has 0 fully saturated rings. The normalized spacial score (nSPS) is 10.8. The van der Waals surface area contributed by atoms with Crippen molar-refractivity contribution in [1.29, 1.82) is 0 Å². The Morgan fingerprint density at radius 1 is 1.13 bits per heavy atom. The minimum atomic E-state index is -0.240. The molecule has 2 heterocycles. The molecule has 114 valence electrons. The van der Waals surface area contributed by atoms with Crippen molar-refractivity contribution in [2.45, 2.75) is 6.42 Å². The predicted octanol–water partition coefficient (Wildman–Crippen LogP) is 3.18. The Bertz CT molecular complexity index is 800. The lowest BCUT2D eigenvalue weighted by atomic mass is 10.2. The van der Waals surface area contributed by atoms with E-state index in [2.05, 4.69) is 20.5 Å². The van der Waals surface area contributed by atoms with Gasteiger partial charge in [-0.05, 0) is 23.3 Å². The Kier molecular flexibility index (Phi) is 4.85. The average molecular weight is 322 g/mol. The maximum absolute atomic E-state index is 11.9. The zero-order valence-corrected chi connectivity index (χ0v) is 13.0. The number of pyridine rings is 1. The summed E-state index contributed by atoms with van der Waals surface area (Å²) in [5, 5.41) is 12.2. The van der Waals surface area contributed by atoms with Crippen molar-refractivity contribution in [3.63, 3.8) is 0 Å². The summed E-state index contributed by atoms with van der Waals surface area (Å²) in [6, 6.07) is 13.7. The van der Waals surface area contributed by atoms with E-state index >= 15 is 0 Å². The van der Waals surface area contributed by atoms with Gasteiger partial charge in [-0.15, -0.1) is 10.2 Å². The highest BCUT2D eigenvalue weighted by atomic mass is 32.1. The summed E-state index contributed by atoms with van der Waals surface area (Å²) in [4.78, 5) is 15.9. The molecule has 1 aromatic carbocycles. The topological polar surface area (TPSA) is 67.8 Å². The van der Waals surface area contributed by atoms with E-state index in [9.17, 15) is 4.79 Å². The second kappa shape index (κ2) is 7.42. The Morgan fingerprint density at radius 2 is 2.00 bits per heavy atom. The third-order valence-electron chi connectivity index (χ3n) is 3.01. The number of hydrogen-bond donors (Lipinski definition) is 1. The van der Waals surface area contributed by atoms with E-state index in [1.54, 1.807) is 18.5 Å². The molecule has 0 atom stereocenters. The molecule has 0 spiro atoms. The highest BCUT2D eigenvalue weighted by Crippen LogP contribution is 2.18. The molecule has 0 aliphatic rings. The number of hydrogen-bond acceptors (Lipinski definition) is 5. The van der Waals surface area contributed by atoms with Crippen LogP contribution in [-0.4, -0.2) is 21.1 Å². The molecule has 3 rings (SSSR count). The molecule has 0 aliphatic carbocycles. The molecule has 0 radical (unpaired) electrons. The lowest BCUT2D eigenvalue weighted by Crippen LogP contribution is -2.07. The molecule has 23 heavy (non-hydrogen) atoms. The summed E-state index contributed by atoms with van der Waals surface area (Å²) in [7, 11) is 0. The van der Waals surface area contributed by atoms with Crippen LogP contribution in [0, 0.1) is 0 Å². The van der Waals surface area contributed by atoms with E-state index in [1.165, 1.54) is 17.4 Å². The predicted molar refractivity (Wildman–Crippen MR) is 91.1 cm³/mol. The Hall–Kier alpha value is -2.86. The number of carbonyl (C=O) groups excluding carboxylic acids is 1. The van der Waals surface area contributed by atoms with Crippen molar-refractivity contribution in [1.82, 2.24) is 15.2 Å². The van der Waals surface area contributed by atoms with Crippen LogP contribution >= 0.6 is 11.3 Å². The summed E-state index contributed by atoms with van der Waals surface area (Å²) in [5.74, 6) is -0.240. The van der Waals surface area contributed by atoms with Crippen molar-refractivity contribution >= 4 is 28.5 Å². The van der Waals surface area contributed by atoms with Gasteiger partial charge in [0.2, 0.25) is 11.0 Å². The van der Waals surface area contributed by atoms with Crippen LogP contribution in [0.25, 0.3) is 6.08 Å². The monoisotopic (exact) mass is 322 g/mol. The summed E-state index contributed by atoms with van der Waals surface area (Å²) >= 11 is 1.38. The number of amides is 1. The molecule has 0 aliphatic heterocycles. The van der Waals surface area contributed by atoms with Crippen molar-refractivity contribution in [2.24, 2.45) is 0 Å². The summed E-state index contributed by atoms with van der Waals surface area (Å²) in [6.07, 6.45) is 7.24. The van der Waals surface area contributed by atoms with Gasteiger partial charge in [-0.1, -0.05) is 47.7 Å². The third kappa shape index (κ3) is 4.55. The fourth-order valence-corrected chi connectivity index (χ4v) is 2.72. The van der Waals surface area contributed by atoms with Crippen LogP contribution in [0.3, 0.4) is 0 Å². The fourth-order valence-electron chi connectivity index (χ4n) is 1.94. The minimum absolute atomic E-state index is 0.240. The van der Waals surface area contributed by atoms with Gasteiger partial charge in [-0.3, -0.25) is 15.1 Å². The Balaban J connectivity index is 1.58. The van der Waals surface area contributed by atoms with E-state index in [-0.39, 0.29) is 5.91 Å². The molecule has 0 saturated carbocycles. The summed E-state index contributed by atoms with van der Waals surface area (Å²) in [5.41, 5.74) is 2.03. The van der Waals surface area contributed by atoms with E-state index in [1.807, 2.05) is 42.5 Å². The van der Waals surface area contributed by atoms with Crippen molar-refractivity contribution < 1.29 is 4.79 Å². The summed E-state index contributed by atoms with van der Waals surface area (Å²) in [6.45, 7) is 0. The molecule has 2 aromatic heterocycles. The van der Waals surface area contributed by atoms with Gasteiger partial charge in [0.15, 0.2) is 0 Å². The number of nitrogens with one attached hydrogen (secondary N) is 1. The Morgan fingerprint density at radius 3 is 2.78 bits per heavy atom. The van der Waals surface area contributed by atoms with Crippen LogP contribution in [-0.2, 0) is 11.2 Å². The second-order valence-electron chi connectivity index (χ2n) is 4.77. The van der Waals surface area contributed by atoms with Gasteiger partial charge in [0.05, 0.1) is 0 Å². The standard InChI is InChI=1S/C17H14N4OS/c22-15(9-8-14-7-4-10-18-12-14)19-17-21-20-16(23-17)11-13-5-2-1-3-6-13/h1-10,12H,11H2,(H,19,21,22). The van der Waals surface area contributed by atoms with Crippen LogP contribution in [0.1, 0.15) is 16.1 Å². The van der Waals surface area contributed by atoms with E-state index in [0.717, 1.165) is 16.1 Å². The highest BCUT2D eigenvalue weighted by molar-refractivity contribution is 7.15. The lowest BCUT2D eigenvalue weighted by Gasteiger charge is -1.96. The smallest absolute Gasteiger partial charge is 0.250 e. The van der Waals surface area contributed by atoms with Crippen LogP contribution < -0.4 is 5.32 Å². The average Bonchev–Trinajstić information content (AvgIpc) is 3.02. The number of rotatable bonds is 5. The second-order valence-corrected chi connectivity index (χ2v) is 5.83. The largest absolute Gasteiger partial charge is 0.297 e. The zero-order valence-electron chi connectivity index (χ0n) is 12.2. The van der Waals surface area contributed by atoms with Gasteiger partial charge < -0.3 is 0 Å². The third-order valence-corrected chi connectivity index (χ3v) is 3.85. The van der Waals surface area contributed by atoms with Gasteiger partial charge in [0, 0.05) is 24.9 Å². The first kappa shape index (κ1) is 15.1. The zero-order chi connectivity index (χ0) is 15.9. The van der Waals surface area contributed by atoms with Gasteiger partial charge in [-0.2, -0.15) is 0 Å². The van der Waals surface area contributed by atoms with Gasteiger partial charge in [0.25, 0.3) is 0 Å². The van der Waals surface area contributed by atoms with Gasteiger partial charge in [0.1, 0.15) is 5.01 Å². The molecule has 6 heteroatoms. The van der Waals surface area contributed by atoms with Crippen molar-refractivity contribution in [3.05, 3.63) is 77.1 Å². The maximum atomic E-state index is 11.9. The first-order chi connectivity index (χ1) is 11.3. The molecule has 0 unspecified atom stereocenters. The highest BCUT2D eigenvalue weighted by Gasteiger charge is 2.07. The number of nitrogens with zero attached hydrogens (tertiary/aromatic N) is 3. The fraction of sp³-hybridized carbons (Fsp3) is 0.0588. The SMILES string of the molecule is O=C(C=Cc1cccnc1)Nc1nnc(Cc2ccccc2)s1. The van der Waals surface area contributed by atoms with E-state index in [0.29, 0.717) is 11.6 Å². The van der Waals surface area contributed by atoms with Crippen molar-refractivity contribution in [2.75, 3.05) is 5.32 Å². The first-order valence-electron chi connectivity index (χ1n) is 7.05. The molecular weight excluding hydrogens is 308 g/mol. The van der Waals surface area contributed by atoms with Crippen LogP contribution in [0.2, 0.25) is 0 Å². The number of anilines is 1. The number of benzene rings is 1. The molecule has 0 bridgehead atoms. The van der Waals surface area contributed by atoms with Crippen LogP contribution in [0.15, 0.2) is 60.9 Å². The minimum Gasteiger partial charge on any atom is -0.297 e. The molecule has 5 nitrogen and oxygen atoms in total. The number of aromatic nitrogens is 3. The first-order valence-corrected chi connectivity index (χ1v) is 7.86.